The van der Waals surface area contributed by atoms with Crippen LogP contribution in [0, 0.1) is 11.7 Å². The fourth-order valence-corrected chi connectivity index (χ4v) is 4.01. The van der Waals surface area contributed by atoms with Gasteiger partial charge < -0.3 is 20.5 Å². The number of carbonyl (C=O) groups excluding carboxylic acids is 1. The molecule has 0 aromatic heterocycles. The van der Waals surface area contributed by atoms with Crippen LogP contribution in [0.2, 0.25) is 5.02 Å². The van der Waals surface area contributed by atoms with Crippen molar-refractivity contribution in [1.82, 2.24) is 5.32 Å². The lowest BCUT2D eigenvalue weighted by Crippen LogP contribution is -2.36. The number of hydrogen-bond donors (Lipinski definition) is 2. The second-order valence-electron chi connectivity index (χ2n) is 7.78. The number of amides is 1. The van der Waals surface area contributed by atoms with Gasteiger partial charge in [-0.2, -0.15) is 0 Å². The molecule has 30 heavy (non-hydrogen) atoms. The molecule has 1 saturated heterocycles. The molecule has 1 aliphatic heterocycles. The maximum atomic E-state index is 15.6. The van der Waals surface area contributed by atoms with E-state index in [1.807, 2.05) is 25.1 Å². The van der Waals surface area contributed by atoms with Crippen molar-refractivity contribution < 1.29 is 18.7 Å². The Morgan fingerprint density at radius 1 is 1.27 bits per heavy atom. The maximum Gasteiger partial charge on any atom is 0.218 e. The Labute approximate surface area is 181 Å². The van der Waals surface area contributed by atoms with E-state index in [1.165, 1.54) is 0 Å². The lowest BCUT2D eigenvalue weighted by molar-refractivity contribution is -0.118. The van der Waals surface area contributed by atoms with Gasteiger partial charge in [0.15, 0.2) is 11.6 Å². The van der Waals surface area contributed by atoms with Crippen LogP contribution < -0.4 is 15.8 Å². The summed E-state index contributed by atoms with van der Waals surface area (Å²) in [7, 11) is 0. The topological polar surface area (TPSA) is 73.6 Å². The molecule has 1 heterocycles. The Morgan fingerprint density at radius 3 is 2.63 bits per heavy atom. The Kier molecular flexibility index (Phi) is 8.08. The summed E-state index contributed by atoms with van der Waals surface area (Å²) in [5.41, 5.74) is 5.81. The van der Waals surface area contributed by atoms with Gasteiger partial charge in [0.25, 0.3) is 0 Å². The first-order chi connectivity index (χ1) is 14.4. The minimum absolute atomic E-state index is 0.00157. The molecule has 7 heteroatoms. The van der Waals surface area contributed by atoms with Crippen LogP contribution in [-0.2, 0) is 9.53 Å². The highest BCUT2D eigenvalue weighted by atomic mass is 35.5. The fraction of sp³-hybridized carbons (Fsp3) is 0.435. The van der Waals surface area contributed by atoms with Crippen LogP contribution in [0.1, 0.15) is 44.2 Å². The van der Waals surface area contributed by atoms with Gasteiger partial charge in [0.1, 0.15) is 5.75 Å². The summed E-state index contributed by atoms with van der Waals surface area (Å²) in [6, 6.07) is 11.8. The van der Waals surface area contributed by atoms with Gasteiger partial charge in [-0.3, -0.25) is 4.79 Å². The summed E-state index contributed by atoms with van der Waals surface area (Å²) in [6.45, 7) is 3.29. The molecule has 0 saturated carbocycles. The van der Waals surface area contributed by atoms with Crippen molar-refractivity contribution in [2.75, 3.05) is 13.2 Å². The van der Waals surface area contributed by atoms with Crippen LogP contribution in [-0.4, -0.2) is 25.2 Å². The standard InChI is InChI=1S/C23H28ClFN2O3/c1-15(13-21(26)28)27-20(14-16-9-11-29-12-10-16)18-7-8-19(24)23(22(18)25)30-17-5-3-2-4-6-17/h2-8,15-16,20,27H,9-14H2,1H3,(H2,26,28)/t15-,20-/m0/s1. The van der Waals surface area contributed by atoms with Gasteiger partial charge >= 0.3 is 0 Å². The van der Waals surface area contributed by atoms with Crippen LogP contribution in [0.25, 0.3) is 0 Å². The van der Waals surface area contributed by atoms with Crippen LogP contribution in [0.5, 0.6) is 11.5 Å². The maximum absolute atomic E-state index is 15.6. The molecule has 2 atom stereocenters. The third-order valence-electron chi connectivity index (χ3n) is 5.32. The third-order valence-corrected chi connectivity index (χ3v) is 5.62. The summed E-state index contributed by atoms with van der Waals surface area (Å²) >= 11 is 6.26. The SMILES string of the molecule is C[C@@H](CC(N)=O)N[C@@H](CC1CCOCC1)c1ccc(Cl)c(Oc2ccccc2)c1F. The van der Waals surface area contributed by atoms with E-state index < -0.39 is 11.7 Å². The molecule has 5 nitrogen and oxygen atoms in total. The average molecular weight is 435 g/mol. The highest BCUT2D eigenvalue weighted by Gasteiger charge is 2.27. The van der Waals surface area contributed by atoms with Crippen molar-refractivity contribution in [3.63, 3.8) is 0 Å². The largest absolute Gasteiger partial charge is 0.453 e. The first-order valence-electron chi connectivity index (χ1n) is 10.3. The van der Waals surface area contributed by atoms with Gasteiger partial charge in [0.05, 0.1) is 5.02 Å². The molecule has 1 aliphatic rings. The zero-order valence-corrected chi connectivity index (χ0v) is 17.8. The first kappa shape index (κ1) is 22.5. The molecule has 2 aromatic carbocycles. The minimum Gasteiger partial charge on any atom is -0.453 e. The molecule has 3 N–H and O–H groups in total. The van der Waals surface area contributed by atoms with Gasteiger partial charge in [-0.1, -0.05) is 35.9 Å². The molecular weight excluding hydrogens is 407 g/mol. The molecule has 0 radical (unpaired) electrons. The Hall–Kier alpha value is -2.15. The molecule has 3 rings (SSSR count). The summed E-state index contributed by atoms with van der Waals surface area (Å²) < 4.78 is 26.8. The van der Waals surface area contributed by atoms with E-state index in [0.29, 0.717) is 30.4 Å². The number of para-hydroxylation sites is 1. The zero-order chi connectivity index (χ0) is 21.5. The Morgan fingerprint density at radius 2 is 1.97 bits per heavy atom. The van der Waals surface area contributed by atoms with Gasteiger partial charge in [0.2, 0.25) is 5.91 Å². The van der Waals surface area contributed by atoms with Crippen molar-refractivity contribution in [1.29, 1.82) is 0 Å². The van der Waals surface area contributed by atoms with E-state index >= 15 is 4.39 Å². The number of hydrogen-bond acceptors (Lipinski definition) is 4. The van der Waals surface area contributed by atoms with Crippen LogP contribution in [0.15, 0.2) is 42.5 Å². The molecular formula is C23H28ClFN2O3. The summed E-state index contributed by atoms with van der Waals surface area (Å²) in [5.74, 6) is 0.00506. The second-order valence-corrected chi connectivity index (χ2v) is 8.18. The monoisotopic (exact) mass is 434 g/mol. The van der Waals surface area contributed by atoms with E-state index in [9.17, 15) is 4.79 Å². The van der Waals surface area contributed by atoms with E-state index in [1.54, 1.807) is 24.3 Å². The number of halogens is 2. The minimum atomic E-state index is -0.498. The fourth-order valence-electron chi connectivity index (χ4n) is 3.82. The highest BCUT2D eigenvalue weighted by Crippen LogP contribution is 2.38. The Bertz CT molecular complexity index is 844. The van der Waals surface area contributed by atoms with E-state index in [-0.39, 0.29) is 29.3 Å². The van der Waals surface area contributed by atoms with Crippen molar-refractivity contribution in [3.8, 4) is 11.5 Å². The number of ether oxygens (including phenoxy) is 2. The predicted octanol–water partition coefficient (Wildman–Crippen LogP) is 4.98. The molecule has 0 unspecified atom stereocenters. The van der Waals surface area contributed by atoms with E-state index in [4.69, 9.17) is 26.8 Å². The van der Waals surface area contributed by atoms with Crippen molar-refractivity contribution in [2.24, 2.45) is 11.7 Å². The van der Waals surface area contributed by atoms with Crippen LogP contribution in [0.3, 0.4) is 0 Å². The van der Waals surface area contributed by atoms with Gasteiger partial charge in [0, 0.05) is 37.3 Å². The summed E-state index contributed by atoms with van der Waals surface area (Å²) in [5, 5.41) is 3.59. The summed E-state index contributed by atoms with van der Waals surface area (Å²) in [6.07, 6.45) is 2.73. The van der Waals surface area contributed by atoms with Gasteiger partial charge in [-0.15, -0.1) is 0 Å². The van der Waals surface area contributed by atoms with Crippen molar-refractivity contribution in [3.05, 3.63) is 58.9 Å². The van der Waals surface area contributed by atoms with Crippen molar-refractivity contribution >= 4 is 17.5 Å². The number of nitrogens with one attached hydrogen (secondary N) is 1. The second kappa shape index (κ2) is 10.8. The zero-order valence-electron chi connectivity index (χ0n) is 17.1. The van der Waals surface area contributed by atoms with Crippen molar-refractivity contribution in [2.45, 2.75) is 44.7 Å². The molecule has 0 bridgehead atoms. The average Bonchev–Trinajstić information content (AvgIpc) is 2.72. The number of benzene rings is 2. The Balaban J connectivity index is 1.88. The molecule has 2 aromatic rings. The normalized spacial score (nSPS) is 16.8. The lowest BCUT2D eigenvalue weighted by atomic mass is 9.88. The molecule has 1 fully saturated rings. The number of primary amides is 1. The number of nitrogens with two attached hydrogens (primary N) is 1. The number of carbonyl (C=O) groups is 1. The van der Waals surface area contributed by atoms with Gasteiger partial charge in [-0.05, 0) is 50.3 Å². The molecule has 0 aliphatic carbocycles. The number of rotatable bonds is 9. The first-order valence-corrected chi connectivity index (χ1v) is 10.6. The molecule has 162 valence electrons. The highest BCUT2D eigenvalue weighted by molar-refractivity contribution is 6.32. The van der Waals surface area contributed by atoms with Gasteiger partial charge in [-0.25, -0.2) is 4.39 Å². The van der Waals surface area contributed by atoms with Crippen LogP contribution >= 0.6 is 11.6 Å². The van der Waals surface area contributed by atoms with Crippen LogP contribution in [0.4, 0.5) is 4.39 Å². The quantitative estimate of drug-likeness (QED) is 0.583. The third kappa shape index (κ3) is 6.17. The van der Waals surface area contributed by atoms with E-state index in [2.05, 4.69) is 5.32 Å². The molecule has 1 amide bonds. The predicted molar refractivity (Wildman–Crippen MR) is 115 cm³/mol. The molecule has 0 spiro atoms. The lowest BCUT2D eigenvalue weighted by Gasteiger charge is -2.30. The smallest absolute Gasteiger partial charge is 0.218 e. The van der Waals surface area contributed by atoms with E-state index in [0.717, 1.165) is 19.3 Å². The summed E-state index contributed by atoms with van der Waals surface area (Å²) in [4.78, 5) is 11.3.